The minimum Gasteiger partial charge on any atom is -0.353 e. The van der Waals surface area contributed by atoms with E-state index in [0.29, 0.717) is 19.3 Å². The highest BCUT2D eigenvalue weighted by molar-refractivity contribution is 5.82. The molecule has 1 N–H and O–H groups in total. The number of amides is 2. The summed E-state index contributed by atoms with van der Waals surface area (Å²) in [6.07, 6.45) is 4.09. The zero-order valence-electron chi connectivity index (χ0n) is 15.0. The molecule has 0 spiro atoms. The van der Waals surface area contributed by atoms with Gasteiger partial charge in [0.2, 0.25) is 5.91 Å². The van der Waals surface area contributed by atoms with E-state index >= 15 is 0 Å². The molecule has 1 aliphatic heterocycles. The molecule has 4 bridgehead atoms. The molecule has 1 heterocycles. The van der Waals surface area contributed by atoms with Crippen LogP contribution in [0.1, 0.15) is 57.8 Å². The van der Waals surface area contributed by atoms with Gasteiger partial charge in [-0.3, -0.25) is 9.59 Å². The summed E-state index contributed by atoms with van der Waals surface area (Å²) in [5.41, 5.74) is 0.172. The number of rotatable bonds is 3. The van der Waals surface area contributed by atoms with Crippen molar-refractivity contribution in [2.24, 2.45) is 23.2 Å². The van der Waals surface area contributed by atoms with Gasteiger partial charge >= 0.3 is 12.1 Å². The summed E-state index contributed by atoms with van der Waals surface area (Å²) in [5.74, 6) is 0.672. The lowest BCUT2D eigenvalue weighted by Gasteiger charge is -2.56. The zero-order valence-corrected chi connectivity index (χ0v) is 15.0. The third-order valence-corrected chi connectivity index (χ3v) is 7.09. The maximum Gasteiger partial charge on any atom is 0.471 e. The largest absolute Gasteiger partial charge is 0.471 e. The summed E-state index contributed by atoms with van der Waals surface area (Å²) in [4.78, 5) is 24.7. The predicted octanol–water partition coefficient (Wildman–Crippen LogP) is 3.26. The minimum absolute atomic E-state index is 0.0487. The van der Waals surface area contributed by atoms with Crippen molar-refractivity contribution in [3.63, 3.8) is 0 Å². The number of hydrogen-bond donors (Lipinski definition) is 1. The Bertz CT molecular complexity index is 547. The fourth-order valence-electron chi connectivity index (χ4n) is 6.53. The molecule has 7 heteroatoms. The summed E-state index contributed by atoms with van der Waals surface area (Å²) >= 11 is 0. The van der Waals surface area contributed by atoms with Gasteiger partial charge in [-0.2, -0.15) is 13.2 Å². The van der Waals surface area contributed by atoms with E-state index in [4.69, 9.17) is 0 Å². The number of nitrogens with one attached hydrogen (secondary N) is 1. The summed E-state index contributed by atoms with van der Waals surface area (Å²) < 4.78 is 37.5. The van der Waals surface area contributed by atoms with E-state index < -0.39 is 12.1 Å². The van der Waals surface area contributed by atoms with Crippen LogP contribution in [0.4, 0.5) is 13.2 Å². The Kier molecular flexibility index (Phi) is 4.47. The normalized spacial score (nSPS) is 37.0. The topological polar surface area (TPSA) is 49.4 Å². The molecule has 2 amide bonds. The van der Waals surface area contributed by atoms with Crippen LogP contribution in [0.5, 0.6) is 0 Å². The highest BCUT2D eigenvalue weighted by Gasteiger charge is 2.51. The van der Waals surface area contributed by atoms with Gasteiger partial charge in [-0.05, 0) is 74.5 Å². The van der Waals surface area contributed by atoms with Crippen molar-refractivity contribution < 1.29 is 22.8 Å². The van der Waals surface area contributed by atoms with Crippen LogP contribution >= 0.6 is 0 Å². The summed E-state index contributed by atoms with van der Waals surface area (Å²) in [6.45, 7) is 0.112. The molecule has 0 unspecified atom stereocenters. The fourth-order valence-corrected chi connectivity index (χ4v) is 6.53. The average molecular weight is 372 g/mol. The van der Waals surface area contributed by atoms with Crippen molar-refractivity contribution >= 4 is 11.8 Å². The first-order valence-electron chi connectivity index (χ1n) is 9.88. The van der Waals surface area contributed by atoms with E-state index in [-0.39, 0.29) is 30.5 Å². The lowest BCUT2D eigenvalue weighted by molar-refractivity contribution is -0.186. The van der Waals surface area contributed by atoms with E-state index in [1.807, 2.05) is 0 Å². The van der Waals surface area contributed by atoms with Crippen molar-refractivity contribution in [3.8, 4) is 0 Å². The van der Waals surface area contributed by atoms with Crippen molar-refractivity contribution in [3.05, 3.63) is 0 Å². The maximum absolute atomic E-state index is 12.6. The number of hydrogen-bond acceptors (Lipinski definition) is 2. The smallest absolute Gasteiger partial charge is 0.353 e. The molecule has 5 fully saturated rings. The lowest BCUT2D eigenvalue weighted by atomic mass is 9.49. The second-order valence-corrected chi connectivity index (χ2v) is 9.23. The fraction of sp³-hybridized carbons (Fsp3) is 0.895. The van der Waals surface area contributed by atoms with Crippen molar-refractivity contribution in [2.75, 3.05) is 13.1 Å². The number of likely N-dealkylation sites (tertiary alicyclic amines) is 1. The van der Waals surface area contributed by atoms with Gasteiger partial charge in [-0.15, -0.1) is 0 Å². The molecule has 4 nitrogen and oxygen atoms in total. The van der Waals surface area contributed by atoms with Crippen molar-refractivity contribution in [1.82, 2.24) is 10.2 Å². The second kappa shape index (κ2) is 6.41. The molecule has 4 saturated carbocycles. The average Bonchev–Trinajstić information content (AvgIpc) is 2.52. The predicted molar refractivity (Wildman–Crippen MR) is 89.0 cm³/mol. The zero-order chi connectivity index (χ0) is 18.5. The van der Waals surface area contributed by atoms with E-state index in [9.17, 15) is 22.8 Å². The number of carbonyl (C=O) groups excluding carboxylic acids is 2. The van der Waals surface area contributed by atoms with Gasteiger partial charge in [-0.1, -0.05) is 0 Å². The molecule has 5 rings (SSSR count). The summed E-state index contributed by atoms with van der Waals surface area (Å²) in [6, 6.07) is -0.117. The Hall–Kier alpha value is -1.27. The van der Waals surface area contributed by atoms with Gasteiger partial charge in [0.05, 0.1) is 0 Å². The van der Waals surface area contributed by atoms with Gasteiger partial charge in [0.25, 0.3) is 0 Å². The van der Waals surface area contributed by atoms with Gasteiger partial charge in [-0.25, -0.2) is 0 Å². The molecule has 26 heavy (non-hydrogen) atoms. The molecular weight excluding hydrogens is 345 g/mol. The van der Waals surface area contributed by atoms with Gasteiger partial charge in [0.1, 0.15) is 0 Å². The van der Waals surface area contributed by atoms with Gasteiger partial charge in [0, 0.05) is 25.6 Å². The molecule has 0 aromatic heterocycles. The van der Waals surface area contributed by atoms with Gasteiger partial charge < -0.3 is 10.2 Å². The summed E-state index contributed by atoms with van der Waals surface area (Å²) in [5, 5.41) is 3.03. The Morgan fingerprint density at radius 2 is 1.46 bits per heavy atom. The van der Waals surface area contributed by atoms with E-state index in [1.54, 1.807) is 0 Å². The quantitative estimate of drug-likeness (QED) is 0.827. The standard InChI is InChI=1S/C19H27F3N2O2/c20-19(21,22)17(26)24-3-1-15(2-4-24)23-16(25)11-18-8-12-5-13(9-18)7-14(6-12)10-18/h12-15H,1-11H2,(H,23,25). The number of carbonyl (C=O) groups is 2. The molecule has 1 saturated heterocycles. The molecule has 0 aromatic carbocycles. The van der Waals surface area contributed by atoms with Crippen LogP contribution < -0.4 is 5.32 Å². The maximum atomic E-state index is 12.6. The number of alkyl halides is 3. The lowest BCUT2D eigenvalue weighted by Crippen LogP contribution is -2.51. The van der Waals surface area contributed by atoms with E-state index in [1.165, 1.54) is 38.5 Å². The highest BCUT2D eigenvalue weighted by atomic mass is 19.4. The van der Waals surface area contributed by atoms with Crippen LogP contribution in [0.3, 0.4) is 0 Å². The molecule has 4 aliphatic carbocycles. The first-order chi connectivity index (χ1) is 12.2. The third kappa shape index (κ3) is 3.58. The van der Waals surface area contributed by atoms with Crippen molar-refractivity contribution in [1.29, 1.82) is 0 Å². The van der Waals surface area contributed by atoms with Gasteiger partial charge in [0.15, 0.2) is 0 Å². The Balaban J connectivity index is 1.27. The van der Waals surface area contributed by atoms with E-state index in [0.717, 1.165) is 22.7 Å². The Morgan fingerprint density at radius 3 is 1.92 bits per heavy atom. The molecule has 146 valence electrons. The van der Waals surface area contributed by atoms with Crippen LogP contribution in [0, 0.1) is 23.2 Å². The van der Waals surface area contributed by atoms with E-state index in [2.05, 4.69) is 5.32 Å². The van der Waals surface area contributed by atoms with Crippen LogP contribution in [-0.2, 0) is 9.59 Å². The molecule has 0 aromatic rings. The molecule has 0 radical (unpaired) electrons. The number of halogens is 3. The Labute approximate surface area is 151 Å². The Morgan fingerprint density at radius 1 is 0.962 bits per heavy atom. The third-order valence-electron chi connectivity index (χ3n) is 7.09. The van der Waals surface area contributed by atoms with Crippen LogP contribution in [-0.4, -0.2) is 42.0 Å². The second-order valence-electron chi connectivity index (χ2n) is 9.23. The highest BCUT2D eigenvalue weighted by Crippen LogP contribution is 2.61. The molecular formula is C19H27F3N2O2. The molecule has 5 aliphatic rings. The van der Waals surface area contributed by atoms with Crippen LogP contribution in [0.15, 0.2) is 0 Å². The monoisotopic (exact) mass is 372 g/mol. The SMILES string of the molecule is O=C(CC12CC3CC(CC(C3)C1)C2)NC1CCN(C(=O)C(F)(F)F)CC1. The number of nitrogens with zero attached hydrogens (tertiary/aromatic N) is 1. The van der Waals surface area contributed by atoms with Crippen molar-refractivity contribution in [2.45, 2.75) is 70.0 Å². The molecule has 0 atom stereocenters. The minimum atomic E-state index is -4.81. The van der Waals surface area contributed by atoms with Crippen LogP contribution in [0.2, 0.25) is 0 Å². The first kappa shape index (κ1) is 18.1. The first-order valence-corrected chi connectivity index (χ1v) is 9.88. The summed E-state index contributed by atoms with van der Waals surface area (Å²) in [7, 11) is 0. The van der Waals surface area contributed by atoms with Crippen LogP contribution in [0.25, 0.3) is 0 Å². The number of piperidine rings is 1.